The first-order valence-corrected chi connectivity index (χ1v) is 11.4. The van der Waals surface area contributed by atoms with E-state index in [-0.39, 0.29) is 17.3 Å². The molecule has 11 heteroatoms. The Kier molecular flexibility index (Phi) is 9.75. The number of nitrogens with zero attached hydrogens (tertiary/aromatic N) is 1. The molecule has 0 aliphatic heterocycles. The molecular formula is C27H27F2N5O4. The van der Waals surface area contributed by atoms with Crippen LogP contribution in [0.25, 0.3) is 0 Å². The van der Waals surface area contributed by atoms with Gasteiger partial charge in [-0.05, 0) is 54.1 Å². The highest BCUT2D eigenvalue weighted by molar-refractivity contribution is 6.08. The fraction of sp³-hybridized carbons (Fsp3) is 0.148. The van der Waals surface area contributed by atoms with E-state index >= 15 is 0 Å². The SMILES string of the molecule is CN=C(C=C(N)Oc1ccc(NC(=O)CC(=O)Nc2ccc(F)cc2)cc1F)NCc1ccc(OC)cc1. The first-order chi connectivity index (χ1) is 18.2. The summed E-state index contributed by atoms with van der Waals surface area (Å²) in [5.41, 5.74) is 7.35. The Morgan fingerprint density at radius 3 is 2.18 bits per heavy atom. The molecule has 3 aromatic rings. The van der Waals surface area contributed by atoms with Crippen molar-refractivity contribution in [2.75, 3.05) is 24.8 Å². The first kappa shape index (κ1) is 27.7. The second-order valence-electron chi connectivity index (χ2n) is 7.88. The summed E-state index contributed by atoms with van der Waals surface area (Å²) in [6.45, 7) is 0.463. The molecule has 5 N–H and O–H groups in total. The van der Waals surface area contributed by atoms with Crippen LogP contribution in [0.1, 0.15) is 12.0 Å². The van der Waals surface area contributed by atoms with Crippen molar-refractivity contribution in [3.63, 3.8) is 0 Å². The number of halogens is 2. The van der Waals surface area contributed by atoms with Gasteiger partial charge in [-0.3, -0.25) is 14.6 Å². The van der Waals surface area contributed by atoms with E-state index in [1.165, 1.54) is 42.5 Å². The van der Waals surface area contributed by atoms with E-state index in [4.69, 9.17) is 15.2 Å². The highest BCUT2D eigenvalue weighted by Gasteiger charge is 2.13. The molecule has 0 unspecified atom stereocenters. The number of nitrogens with two attached hydrogens (primary N) is 1. The van der Waals surface area contributed by atoms with Gasteiger partial charge in [0.1, 0.15) is 23.8 Å². The average molecular weight is 524 g/mol. The molecule has 0 aliphatic carbocycles. The lowest BCUT2D eigenvalue weighted by Crippen LogP contribution is -2.23. The molecule has 0 spiro atoms. The number of nitrogens with one attached hydrogen (secondary N) is 3. The molecular weight excluding hydrogens is 496 g/mol. The van der Waals surface area contributed by atoms with Crippen molar-refractivity contribution in [1.82, 2.24) is 5.32 Å². The lowest BCUT2D eigenvalue weighted by atomic mass is 10.2. The minimum atomic E-state index is -0.781. The summed E-state index contributed by atoms with van der Waals surface area (Å²) in [5, 5.41) is 8.00. The van der Waals surface area contributed by atoms with Gasteiger partial charge in [0.25, 0.3) is 0 Å². The Balaban J connectivity index is 1.52. The van der Waals surface area contributed by atoms with Gasteiger partial charge in [-0.2, -0.15) is 0 Å². The third-order valence-corrected chi connectivity index (χ3v) is 5.05. The molecule has 3 rings (SSSR count). The van der Waals surface area contributed by atoms with Crippen molar-refractivity contribution in [3.05, 3.63) is 95.9 Å². The number of anilines is 2. The number of rotatable bonds is 10. The number of hydrogen-bond acceptors (Lipinski definition) is 6. The second kappa shape index (κ2) is 13.4. The van der Waals surface area contributed by atoms with Gasteiger partial charge in [0.05, 0.1) is 7.11 Å². The van der Waals surface area contributed by atoms with Gasteiger partial charge in [-0.15, -0.1) is 0 Å². The van der Waals surface area contributed by atoms with E-state index < -0.39 is 29.9 Å². The summed E-state index contributed by atoms with van der Waals surface area (Å²) < 4.78 is 38.0. The van der Waals surface area contributed by atoms with Gasteiger partial charge < -0.3 is 31.2 Å². The third-order valence-electron chi connectivity index (χ3n) is 5.05. The number of amides is 2. The van der Waals surface area contributed by atoms with Crippen LogP contribution in [0.15, 0.2) is 83.7 Å². The van der Waals surface area contributed by atoms with Crippen molar-refractivity contribution in [1.29, 1.82) is 0 Å². The fourth-order valence-corrected chi connectivity index (χ4v) is 3.17. The minimum Gasteiger partial charge on any atom is -0.497 e. The topological polar surface area (TPSA) is 127 Å². The number of hydrogen-bond donors (Lipinski definition) is 4. The quantitative estimate of drug-likeness (QED) is 0.138. The molecule has 0 saturated carbocycles. The number of carbonyl (C=O) groups is 2. The molecule has 0 bridgehead atoms. The van der Waals surface area contributed by atoms with Crippen LogP contribution in [-0.4, -0.2) is 31.8 Å². The molecule has 0 radical (unpaired) electrons. The Bertz CT molecular complexity index is 1330. The van der Waals surface area contributed by atoms with Crippen LogP contribution < -0.4 is 31.2 Å². The van der Waals surface area contributed by atoms with Crippen LogP contribution in [0, 0.1) is 11.6 Å². The molecule has 0 atom stereocenters. The molecule has 0 aliphatic rings. The number of carbonyl (C=O) groups excluding carboxylic acids is 2. The van der Waals surface area contributed by atoms with Crippen molar-refractivity contribution in [3.8, 4) is 11.5 Å². The van der Waals surface area contributed by atoms with Crippen molar-refractivity contribution in [2.24, 2.45) is 10.7 Å². The maximum atomic E-state index is 14.6. The van der Waals surface area contributed by atoms with E-state index in [1.807, 2.05) is 24.3 Å². The van der Waals surface area contributed by atoms with Gasteiger partial charge in [0.2, 0.25) is 11.8 Å². The zero-order valence-electron chi connectivity index (χ0n) is 20.8. The molecule has 38 heavy (non-hydrogen) atoms. The summed E-state index contributed by atoms with van der Waals surface area (Å²) in [7, 11) is 3.16. The number of methoxy groups -OCH3 is 1. The maximum Gasteiger partial charge on any atom is 0.233 e. The number of ether oxygens (including phenoxy) is 2. The molecule has 9 nitrogen and oxygen atoms in total. The van der Waals surface area contributed by atoms with Gasteiger partial charge in [-0.1, -0.05) is 12.1 Å². The van der Waals surface area contributed by atoms with Crippen LogP contribution in [0.2, 0.25) is 0 Å². The second-order valence-corrected chi connectivity index (χ2v) is 7.88. The zero-order chi connectivity index (χ0) is 27.5. The molecule has 2 amide bonds. The van der Waals surface area contributed by atoms with Gasteiger partial charge in [0, 0.05) is 37.1 Å². The fourth-order valence-electron chi connectivity index (χ4n) is 3.17. The highest BCUT2D eigenvalue weighted by Crippen LogP contribution is 2.22. The minimum absolute atomic E-state index is 0.110. The maximum absolute atomic E-state index is 14.6. The number of aliphatic imine (C=N–C) groups is 1. The monoisotopic (exact) mass is 523 g/mol. The van der Waals surface area contributed by atoms with E-state index in [2.05, 4.69) is 20.9 Å². The van der Waals surface area contributed by atoms with E-state index in [0.29, 0.717) is 18.1 Å². The zero-order valence-corrected chi connectivity index (χ0v) is 20.8. The number of benzene rings is 3. The summed E-state index contributed by atoms with van der Waals surface area (Å²) in [6.07, 6.45) is 0.897. The third kappa shape index (κ3) is 8.63. The van der Waals surface area contributed by atoms with Crippen LogP contribution in [0.4, 0.5) is 20.2 Å². The first-order valence-electron chi connectivity index (χ1n) is 11.4. The molecule has 198 valence electrons. The van der Waals surface area contributed by atoms with Crippen molar-refractivity contribution in [2.45, 2.75) is 13.0 Å². The summed E-state index contributed by atoms with van der Waals surface area (Å²) in [4.78, 5) is 28.3. The van der Waals surface area contributed by atoms with E-state index in [1.54, 1.807) is 14.2 Å². The highest BCUT2D eigenvalue weighted by atomic mass is 19.1. The Morgan fingerprint density at radius 1 is 0.947 bits per heavy atom. The van der Waals surface area contributed by atoms with Crippen LogP contribution >= 0.6 is 0 Å². The summed E-state index contributed by atoms with van der Waals surface area (Å²) >= 11 is 0. The number of amidine groups is 1. The smallest absolute Gasteiger partial charge is 0.233 e. The van der Waals surface area contributed by atoms with Crippen LogP contribution in [-0.2, 0) is 16.1 Å². The Labute approximate surface area is 218 Å². The van der Waals surface area contributed by atoms with Gasteiger partial charge in [-0.25, -0.2) is 8.78 Å². The molecule has 0 fully saturated rings. The van der Waals surface area contributed by atoms with Crippen molar-refractivity contribution >= 4 is 29.0 Å². The van der Waals surface area contributed by atoms with Crippen molar-refractivity contribution < 1.29 is 27.8 Å². The Morgan fingerprint density at radius 2 is 1.58 bits per heavy atom. The summed E-state index contributed by atoms with van der Waals surface area (Å²) in [5.74, 6) is -1.62. The van der Waals surface area contributed by atoms with Gasteiger partial charge in [0.15, 0.2) is 17.4 Å². The predicted octanol–water partition coefficient (Wildman–Crippen LogP) is 3.94. The standard InChI is InChI=1S/C27H27F2N5O4/c1-31-25(32-16-17-3-10-21(37-2)11-4-17)14-24(30)38-23-12-9-20(13-22(23)29)34-27(36)15-26(35)33-19-7-5-18(28)6-8-19/h3-14H,15-16,30H2,1-2H3,(H,31,32)(H,33,35)(H,34,36). The lowest BCUT2D eigenvalue weighted by Gasteiger charge is -2.11. The molecule has 0 aromatic heterocycles. The molecule has 3 aromatic carbocycles. The average Bonchev–Trinajstić information content (AvgIpc) is 2.89. The summed E-state index contributed by atoms with van der Waals surface area (Å²) in [6, 6.07) is 16.3. The van der Waals surface area contributed by atoms with E-state index in [0.717, 1.165) is 17.4 Å². The van der Waals surface area contributed by atoms with Crippen LogP contribution in [0.3, 0.4) is 0 Å². The Hall–Kier alpha value is -4.93. The van der Waals surface area contributed by atoms with E-state index in [9.17, 15) is 18.4 Å². The lowest BCUT2D eigenvalue weighted by molar-refractivity contribution is -0.123. The van der Waals surface area contributed by atoms with Gasteiger partial charge >= 0.3 is 0 Å². The molecule has 0 heterocycles. The largest absolute Gasteiger partial charge is 0.497 e. The molecule has 0 saturated heterocycles. The normalized spacial score (nSPS) is 11.5. The predicted molar refractivity (Wildman–Crippen MR) is 141 cm³/mol. The van der Waals surface area contributed by atoms with Crippen LogP contribution in [0.5, 0.6) is 11.5 Å².